The Morgan fingerprint density at radius 1 is 0.480 bits per heavy atom. The minimum Gasteiger partial charge on any atom is -0.476 e. The second kappa shape index (κ2) is 41.9. The van der Waals surface area contributed by atoms with Crippen molar-refractivity contribution in [3.8, 4) is 45.0 Å². The number of rotatable bonds is 9. The summed E-state index contributed by atoms with van der Waals surface area (Å²) in [5, 5.41) is 39.5. The smallest absolute Gasteiger partial charge is 0.356 e. The van der Waals surface area contributed by atoms with Crippen LogP contribution in [0.2, 0.25) is 0 Å². The van der Waals surface area contributed by atoms with Crippen molar-refractivity contribution in [2.24, 2.45) is 21.1 Å². The molecule has 31 heteroatoms. The summed E-state index contributed by atoms with van der Waals surface area (Å²) in [4.78, 5) is 52.8. The van der Waals surface area contributed by atoms with Crippen LogP contribution in [0.3, 0.4) is 0 Å². The molecule has 8 heterocycles. The standard InChI is InChI=1S/C13H7F2N2.C13H11F2N2.C12H8F2N.C11H7F2N2.3C6H8N2O2.4Ir/c1-8-5-6-17-11(7-8)9-3-4-10(14)13(16-2)12(9)15;1-16-8-9-4-5-17-13(6-9)11-3-2-10(14)7-12(11)15;1-8-4-5-15-12(6-8)10-3-2-9(13)7-11(10)14;1-7-4-5-14-9(6-7)8-2-3-10(12)15-11(8)13;3*1-4-3-5(6(9)10)7-8(4)2;;;;/h4-7H,1H3;2,4-7,16H,8H2,1H3;2,4-7H,1H3;3-6H,1H3;3*3H,1-2H3,(H,9,10);;;;/q4*-1;;;;;;;. The number of carboxylic acids is 3. The van der Waals surface area contributed by atoms with E-state index in [2.05, 4.69) is 74.6 Å². The number of pyridine rings is 5. The summed E-state index contributed by atoms with van der Waals surface area (Å²) in [5.74, 6) is -9.13. The summed E-state index contributed by atoms with van der Waals surface area (Å²) < 4.78 is 110. The fourth-order valence-electron chi connectivity index (χ4n) is 7.55. The van der Waals surface area contributed by atoms with Crippen LogP contribution < -0.4 is 5.32 Å². The van der Waals surface area contributed by atoms with Crippen LogP contribution >= 0.6 is 0 Å². The summed E-state index contributed by atoms with van der Waals surface area (Å²) in [5.41, 5.74) is 8.13. The van der Waals surface area contributed by atoms with Crippen LogP contribution in [0, 0.1) is 119 Å². The Morgan fingerprint density at radius 3 is 1.14 bits per heavy atom. The number of carboxylic acid groups (broad SMARTS) is 3. The zero-order chi connectivity index (χ0) is 69.5. The Morgan fingerprint density at radius 2 is 0.827 bits per heavy atom. The Labute approximate surface area is 612 Å². The maximum atomic E-state index is 13.8. The second-order valence-electron chi connectivity index (χ2n) is 19.8. The fourth-order valence-corrected chi connectivity index (χ4v) is 7.55. The van der Waals surface area contributed by atoms with E-state index in [4.69, 9.17) is 21.9 Å². The van der Waals surface area contributed by atoms with Gasteiger partial charge in [0.05, 0.1) is 6.57 Å². The van der Waals surface area contributed by atoms with Crippen molar-refractivity contribution in [2.45, 2.75) is 48.1 Å². The van der Waals surface area contributed by atoms with Gasteiger partial charge in [0.2, 0.25) is 0 Å². The van der Waals surface area contributed by atoms with Crippen molar-refractivity contribution in [1.82, 2.24) is 59.6 Å². The Hall–Kier alpha value is -9.06. The van der Waals surface area contributed by atoms with Gasteiger partial charge in [0.15, 0.2) is 22.8 Å². The van der Waals surface area contributed by atoms with Crippen LogP contribution in [0.1, 0.15) is 70.8 Å². The van der Waals surface area contributed by atoms with Crippen LogP contribution in [0.5, 0.6) is 0 Å². The zero-order valence-corrected chi connectivity index (χ0v) is 62.7. The summed E-state index contributed by atoms with van der Waals surface area (Å²) in [7, 11) is 6.95. The molecule has 0 aliphatic carbocycles. The molecule has 11 aromatic rings. The predicted octanol–water partition coefficient (Wildman–Crippen LogP) is 13.2. The maximum absolute atomic E-state index is 13.8. The number of aromatic nitrogens is 11. The van der Waals surface area contributed by atoms with Gasteiger partial charge in [-0.1, -0.05) is 75.8 Å². The van der Waals surface area contributed by atoms with E-state index in [1.165, 1.54) is 38.4 Å². The molecular weight excluding hydrogens is 2000 g/mol. The largest absolute Gasteiger partial charge is 0.476 e. The van der Waals surface area contributed by atoms with Gasteiger partial charge in [-0.05, 0) is 119 Å². The van der Waals surface area contributed by atoms with Gasteiger partial charge in [0, 0.05) is 185 Å². The summed E-state index contributed by atoms with van der Waals surface area (Å²) in [6.07, 6.45) is 6.26. The molecular formula is C67H57F8Ir4N13O6-4. The molecule has 11 rings (SSSR count). The molecule has 3 aromatic carbocycles. The first-order chi connectivity index (χ1) is 44.5. The van der Waals surface area contributed by atoms with Gasteiger partial charge < -0.3 is 40.6 Å². The topological polar surface area (TPSA) is 246 Å². The molecule has 522 valence electrons. The first-order valence-corrected chi connectivity index (χ1v) is 27.4. The van der Waals surface area contributed by atoms with Gasteiger partial charge in [-0.3, -0.25) is 50.2 Å². The molecule has 0 unspecified atom stereocenters. The zero-order valence-electron chi connectivity index (χ0n) is 53.1. The van der Waals surface area contributed by atoms with Crippen LogP contribution in [0.15, 0.2) is 128 Å². The van der Waals surface area contributed by atoms with E-state index in [1.807, 2.05) is 40.0 Å². The molecule has 0 saturated carbocycles. The number of carbonyl (C=O) groups is 3. The van der Waals surface area contributed by atoms with Crippen LogP contribution in [0.25, 0.3) is 49.9 Å². The third-order valence-electron chi connectivity index (χ3n) is 12.5. The first kappa shape index (κ1) is 86.9. The second-order valence-corrected chi connectivity index (χ2v) is 19.8. The summed E-state index contributed by atoms with van der Waals surface area (Å²) >= 11 is 0. The Bertz CT molecular complexity index is 4230. The van der Waals surface area contributed by atoms with Crippen molar-refractivity contribution >= 4 is 23.6 Å². The van der Waals surface area contributed by atoms with Crippen molar-refractivity contribution in [1.29, 1.82) is 0 Å². The van der Waals surface area contributed by atoms with Gasteiger partial charge >= 0.3 is 17.9 Å². The minimum absolute atomic E-state index is 0. The van der Waals surface area contributed by atoms with Crippen LogP contribution in [-0.2, 0) is 108 Å². The van der Waals surface area contributed by atoms with Crippen LogP contribution in [0.4, 0.5) is 40.8 Å². The Balaban J connectivity index is 0.000000574. The SMILES string of the molecule is CNCc1ccnc(-c2[c-]cc(F)cc2F)c1.Cc1cc(C(=O)O)nn1C.Cc1cc(C(=O)O)nn1C.Cc1cc(C(=O)O)nn1C.Cc1ccnc(-c2[c-]cc(F)cc2F)c1.Cc1ccnc(-c2[c-]cc(F)nc2F)c1.[C-]#[N+]c1c(F)c[c-]c(-c2cc(C)ccn2)c1F.[Ir].[Ir].[Ir].[Ir]. The molecule has 4 radical (unpaired) electrons. The molecule has 0 atom stereocenters. The number of halogens is 8. The molecule has 0 bridgehead atoms. The molecule has 19 nitrogen and oxygen atoms in total. The van der Waals surface area contributed by atoms with E-state index in [-0.39, 0.29) is 120 Å². The monoisotopic (exact) mass is 2060 g/mol. The summed E-state index contributed by atoms with van der Waals surface area (Å²) in [6, 6.07) is 34.5. The third kappa shape index (κ3) is 26.4. The van der Waals surface area contributed by atoms with Gasteiger partial charge in [-0.2, -0.15) is 15.3 Å². The van der Waals surface area contributed by atoms with Gasteiger partial charge in [-0.25, -0.2) is 23.2 Å². The number of hydrogen-bond donors (Lipinski definition) is 4. The molecule has 0 spiro atoms. The number of aromatic carboxylic acids is 3. The van der Waals surface area contributed by atoms with Crippen molar-refractivity contribution in [2.75, 3.05) is 7.05 Å². The summed E-state index contributed by atoms with van der Waals surface area (Å²) in [6.45, 7) is 18.4. The van der Waals surface area contributed by atoms with Crippen molar-refractivity contribution in [3.63, 3.8) is 0 Å². The number of benzene rings is 3. The van der Waals surface area contributed by atoms with Gasteiger partial charge in [0.25, 0.3) is 0 Å². The molecule has 0 aliphatic rings. The van der Waals surface area contributed by atoms with E-state index in [1.54, 1.807) is 96.9 Å². The predicted molar refractivity (Wildman–Crippen MR) is 329 cm³/mol. The van der Waals surface area contributed by atoms with Gasteiger partial charge in [0.1, 0.15) is 11.9 Å². The molecule has 0 fully saturated rings. The molecule has 4 N–H and O–H groups in total. The molecule has 98 heavy (non-hydrogen) atoms. The molecule has 0 amide bonds. The quantitative estimate of drug-likeness (QED) is 0.0596. The molecule has 0 aliphatic heterocycles. The number of hydrogen-bond acceptors (Lipinski definition) is 12. The van der Waals surface area contributed by atoms with Gasteiger partial charge in [-0.15, -0.1) is 48.0 Å². The maximum Gasteiger partial charge on any atom is 0.356 e. The molecule has 0 saturated heterocycles. The average molecular weight is 2060 g/mol. The number of nitrogens with zero attached hydrogens (tertiary/aromatic N) is 12. The first-order valence-electron chi connectivity index (χ1n) is 27.4. The van der Waals surface area contributed by atoms with E-state index >= 15 is 0 Å². The number of nitrogens with one attached hydrogen (secondary N) is 1. The van der Waals surface area contributed by atoms with E-state index < -0.39 is 70.4 Å². The third-order valence-corrected chi connectivity index (χ3v) is 12.5. The average Bonchev–Trinajstić information content (AvgIpc) is 1.18. The van der Waals surface area contributed by atoms with Crippen molar-refractivity contribution < 1.29 is 145 Å². The number of aryl methyl sites for hydroxylation is 9. The fraction of sp³-hybridized carbons (Fsp3) is 0.164. The van der Waals surface area contributed by atoms with E-state index in [0.29, 0.717) is 29.3 Å². The minimum atomic E-state index is -0.983. The van der Waals surface area contributed by atoms with Crippen LogP contribution in [-0.4, -0.2) is 94.5 Å². The van der Waals surface area contributed by atoms with E-state index in [0.717, 1.165) is 75.7 Å². The molecule has 8 aromatic heterocycles. The van der Waals surface area contributed by atoms with Crippen molar-refractivity contribution in [3.05, 3.63) is 267 Å². The Kier molecular flexibility index (Phi) is 37.2. The normalized spacial score (nSPS) is 9.72. The van der Waals surface area contributed by atoms with E-state index in [9.17, 15) is 49.5 Å².